The molecule has 6 nitrogen and oxygen atoms in total. The minimum absolute atomic E-state index is 0.353. The molecule has 0 saturated heterocycles. The lowest BCUT2D eigenvalue weighted by Gasteiger charge is -2.16. The number of thiazole rings is 1. The first-order valence-electron chi connectivity index (χ1n) is 9.37. The van der Waals surface area contributed by atoms with Crippen molar-refractivity contribution in [3.63, 3.8) is 0 Å². The lowest BCUT2D eigenvalue weighted by molar-refractivity contribution is -0.112. The highest BCUT2D eigenvalue weighted by Gasteiger charge is 2.24. The normalized spacial score (nSPS) is 13.2. The number of nitrogens with one attached hydrogen (secondary N) is 1. The van der Waals surface area contributed by atoms with Gasteiger partial charge < -0.3 is 0 Å². The third-order valence-corrected chi connectivity index (χ3v) is 6.07. The van der Waals surface area contributed by atoms with E-state index in [0.717, 1.165) is 24.1 Å². The summed E-state index contributed by atoms with van der Waals surface area (Å²) >= 11 is 1.32. The molecule has 144 valence electrons. The van der Waals surface area contributed by atoms with Crippen LogP contribution in [0.5, 0.6) is 0 Å². The molecule has 4 rings (SSSR count). The second kappa shape index (κ2) is 7.31. The first kappa shape index (κ1) is 18.6. The van der Waals surface area contributed by atoms with Crippen molar-refractivity contribution >= 4 is 28.2 Å². The third kappa shape index (κ3) is 3.38. The first-order valence-corrected chi connectivity index (χ1v) is 10.3. The fourth-order valence-corrected chi connectivity index (χ4v) is 4.44. The molecule has 0 radical (unpaired) electrons. The lowest BCUT2D eigenvalue weighted by Crippen LogP contribution is -2.23. The number of carbonyl (C=O) groups excluding carboxylic acids is 2. The van der Waals surface area contributed by atoms with Crippen LogP contribution in [0, 0.1) is 13.8 Å². The van der Waals surface area contributed by atoms with E-state index >= 15 is 0 Å². The van der Waals surface area contributed by atoms with Crippen molar-refractivity contribution in [3.8, 4) is 11.3 Å². The molecule has 0 fully saturated rings. The molecule has 0 aliphatic heterocycles. The van der Waals surface area contributed by atoms with E-state index in [-0.39, 0.29) is 0 Å². The van der Waals surface area contributed by atoms with Gasteiger partial charge in [0.1, 0.15) is 0 Å². The number of aryl methyl sites for hydroxylation is 4. The third-order valence-electron chi connectivity index (χ3n) is 5.31. The molecule has 1 amide bonds. The van der Waals surface area contributed by atoms with Crippen molar-refractivity contribution in [1.29, 1.82) is 0 Å². The summed E-state index contributed by atoms with van der Waals surface area (Å²) in [4.78, 5) is 29.5. The number of hydrogen-bond donors (Lipinski definition) is 1. The van der Waals surface area contributed by atoms with Crippen LogP contribution in [-0.4, -0.2) is 26.5 Å². The summed E-state index contributed by atoms with van der Waals surface area (Å²) < 4.78 is 1.60. The highest BCUT2D eigenvalue weighted by atomic mass is 32.1. The first-order chi connectivity index (χ1) is 13.4. The number of Topliss-reactive ketones (excluding diaryl/α,β-unsaturated/α-hetero) is 1. The molecule has 3 aromatic rings. The van der Waals surface area contributed by atoms with E-state index < -0.39 is 11.7 Å². The topological polar surface area (TPSA) is 76.9 Å². The van der Waals surface area contributed by atoms with Crippen LogP contribution in [0.25, 0.3) is 11.3 Å². The van der Waals surface area contributed by atoms with Crippen LogP contribution in [0.3, 0.4) is 0 Å². The minimum atomic E-state index is -0.689. The molecular formula is C21H22N4O2S. The van der Waals surface area contributed by atoms with E-state index in [0.29, 0.717) is 22.1 Å². The second-order valence-electron chi connectivity index (χ2n) is 7.18. The predicted octanol–water partition coefficient (Wildman–Crippen LogP) is 3.86. The van der Waals surface area contributed by atoms with Gasteiger partial charge in [0, 0.05) is 23.7 Å². The highest BCUT2D eigenvalue weighted by Crippen LogP contribution is 2.29. The van der Waals surface area contributed by atoms with Gasteiger partial charge in [-0.15, -0.1) is 11.3 Å². The fraction of sp³-hybridized carbons (Fsp3) is 0.333. The predicted molar refractivity (Wildman–Crippen MR) is 110 cm³/mol. The molecular weight excluding hydrogens is 372 g/mol. The standard InChI is InChI=1S/C21H22N4O2S/c1-12-18(13(2)25(3)24-12)19(26)20(27)23-21-22-17(11-28-21)16-9-8-14-6-4-5-7-15(14)10-16/h8-11H,4-7H2,1-3H3,(H,22,23,27). The summed E-state index contributed by atoms with van der Waals surface area (Å²) in [5.74, 6) is -1.28. The number of ketones is 1. The van der Waals surface area contributed by atoms with Crippen molar-refractivity contribution in [3.05, 3.63) is 51.7 Å². The number of hydrogen-bond acceptors (Lipinski definition) is 5. The van der Waals surface area contributed by atoms with Crippen LogP contribution < -0.4 is 5.32 Å². The molecule has 1 aromatic carbocycles. The Balaban J connectivity index is 1.52. The van der Waals surface area contributed by atoms with Crippen molar-refractivity contribution < 1.29 is 9.59 Å². The molecule has 1 N–H and O–H groups in total. The summed E-state index contributed by atoms with van der Waals surface area (Å²) in [6.07, 6.45) is 4.73. The van der Waals surface area contributed by atoms with Gasteiger partial charge in [0.05, 0.1) is 17.0 Å². The molecule has 0 unspecified atom stereocenters. The van der Waals surface area contributed by atoms with Crippen LogP contribution in [0.15, 0.2) is 23.6 Å². The fourth-order valence-electron chi connectivity index (χ4n) is 3.73. The summed E-state index contributed by atoms with van der Waals surface area (Å²) in [5.41, 5.74) is 6.25. The molecule has 0 bridgehead atoms. The Bertz CT molecular complexity index is 1080. The van der Waals surface area contributed by atoms with Crippen LogP contribution in [0.4, 0.5) is 5.13 Å². The van der Waals surface area contributed by atoms with Crippen molar-refractivity contribution in [2.24, 2.45) is 7.05 Å². The molecule has 2 aromatic heterocycles. The van der Waals surface area contributed by atoms with Crippen LogP contribution >= 0.6 is 11.3 Å². The maximum atomic E-state index is 12.6. The van der Waals surface area contributed by atoms with Gasteiger partial charge in [0.15, 0.2) is 5.13 Å². The Morgan fingerprint density at radius 3 is 2.61 bits per heavy atom. The molecule has 7 heteroatoms. The lowest BCUT2D eigenvalue weighted by atomic mass is 9.90. The highest BCUT2D eigenvalue weighted by molar-refractivity contribution is 7.14. The quantitative estimate of drug-likeness (QED) is 0.538. The van der Waals surface area contributed by atoms with Gasteiger partial charge in [-0.3, -0.25) is 19.6 Å². The summed E-state index contributed by atoms with van der Waals surface area (Å²) in [5, 5.41) is 9.17. The zero-order valence-electron chi connectivity index (χ0n) is 16.2. The summed E-state index contributed by atoms with van der Waals surface area (Å²) in [7, 11) is 1.75. The Labute approximate surface area is 167 Å². The zero-order chi connectivity index (χ0) is 19.8. The molecule has 0 spiro atoms. The number of rotatable bonds is 4. The molecule has 1 aliphatic rings. The number of nitrogens with zero attached hydrogens (tertiary/aromatic N) is 3. The van der Waals surface area contributed by atoms with Gasteiger partial charge in [-0.2, -0.15) is 5.10 Å². The molecule has 28 heavy (non-hydrogen) atoms. The van der Waals surface area contributed by atoms with Crippen LogP contribution in [-0.2, 0) is 24.7 Å². The van der Waals surface area contributed by atoms with E-state index in [1.54, 1.807) is 25.6 Å². The van der Waals surface area contributed by atoms with E-state index in [1.807, 2.05) is 5.38 Å². The van der Waals surface area contributed by atoms with Gasteiger partial charge in [-0.1, -0.05) is 12.1 Å². The van der Waals surface area contributed by atoms with Gasteiger partial charge >= 0.3 is 0 Å². The number of amides is 1. The summed E-state index contributed by atoms with van der Waals surface area (Å²) in [6.45, 7) is 3.50. The van der Waals surface area contributed by atoms with Gasteiger partial charge in [-0.05, 0) is 56.7 Å². The van der Waals surface area contributed by atoms with E-state index in [1.165, 1.54) is 35.3 Å². The average Bonchev–Trinajstić information content (AvgIpc) is 3.25. The SMILES string of the molecule is Cc1nn(C)c(C)c1C(=O)C(=O)Nc1nc(-c2ccc3c(c2)CCCC3)cs1. The van der Waals surface area contributed by atoms with Gasteiger partial charge in [0.25, 0.3) is 11.7 Å². The number of benzene rings is 1. The Hall–Kier alpha value is -2.80. The Kier molecular flexibility index (Phi) is 4.85. The summed E-state index contributed by atoms with van der Waals surface area (Å²) in [6, 6.07) is 6.46. The Morgan fingerprint density at radius 1 is 1.14 bits per heavy atom. The Morgan fingerprint density at radius 2 is 1.89 bits per heavy atom. The maximum Gasteiger partial charge on any atom is 0.298 e. The van der Waals surface area contributed by atoms with Crippen molar-refractivity contribution in [2.45, 2.75) is 39.5 Å². The number of carbonyl (C=O) groups is 2. The number of fused-ring (bicyclic) bond motifs is 1. The molecule has 2 heterocycles. The number of aromatic nitrogens is 3. The van der Waals surface area contributed by atoms with Crippen LogP contribution in [0.2, 0.25) is 0 Å². The minimum Gasteiger partial charge on any atom is -0.295 e. The smallest absolute Gasteiger partial charge is 0.295 e. The van der Waals surface area contributed by atoms with Gasteiger partial charge in [-0.25, -0.2) is 4.98 Å². The maximum absolute atomic E-state index is 12.6. The van der Waals surface area contributed by atoms with E-state index in [2.05, 4.69) is 33.6 Å². The molecule has 0 saturated carbocycles. The second-order valence-corrected chi connectivity index (χ2v) is 8.04. The van der Waals surface area contributed by atoms with E-state index in [4.69, 9.17) is 0 Å². The van der Waals surface area contributed by atoms with Crippen LogP contribution in [0.1, 0.15) is 45.7 Å². The van der Waals surface area contributed by atoms with E-state index in [9.17, 15) is 9.59 Å². The molecule has 1 aliphatic carbocycles. The number of anilines is 1. The largest absolute Gasteiger partial charge is 0.298 e. The zero-order valence-corrected chi connectivity index (χ0v) is 17.0. The molecule has 0 atom stereocenters. The van der Waals surface area contributed by atoms with Gasteiger partial charge in [0.2, 0.25) is 0 Å². The van der Waals surface area contributed by atoms with Crippen molar-refractivity contribution in [2.75, 3.05) is 5.32 Å². The van der Waals surface area contributed by atoms with Crippen molar-refractivity contribution in [1.82, 2.24) is 14.8 Å². The monoisotopic (exact) mass is 394 g/mol. The average molecular weight is 395 g/mol.